The van der Waals surface area contributed by atoms with Crippen molar-refractivity contribution in [3.63, 3.8) is 0 Å². The van der Waals surface area contributed by atoms with Crippen LogP contribution in [0.15, 0.2) is 24.4 Å². The Kier molecular flexibility index (Phi) is 3.67. The summed E-state index contributed by atoms with van der Waals surface area (Å²) in [7, 11) is 0. The highest BCUT2D eigenvalue weighted by Gasteiger charge is 2.09. The van der Waals surface area contributed by atoms with Crippen LogP contribution in [0, 0.1) is 13.8 Å². The zero-order chi connectivity index (χ0) is 13.1. The topological polar surface area (TPSA) is 50.1 Å². The number of benzene rings is 1. The van der Waals surface area contributed by atoms with E-state index in [1.807, 2.05) is 32.2 Å². The number of phenols is 1. The molecular formula is C14H19N3O. The fraction of sp³-hybridized carbons (Fsp3) is 0.357. The van der Waals surface area contributed by atoms with Crippen LogP contribution >= 0.6 is 0 Å². The fourth-order valence-electron chi connectivity index (χ4n) is 1.88. The zero-order valence-corrected chi connectivity index (χ0v) is 11.1. The molecule has 2 N–H and O–H groups in total. The van der Waals surface area contributed by atoms with E-state index in [9.17, 15) is 5.11 Å². The first-order valence-corrected chi connectivity index (χ1v) is 6.17. The van der Waals surface area contributed by atoms with Crippen LogP contribution in [0.5, 0.6) is 5.75 Å². The van der Waals surface area contributed by atoms with Gasteiger partial charge in [0.25, 0.3) is 0 Å². The van der Waals surface area contributed by atoms with Crippen molar-refractivity contribution >= 4 is 0 Å². The van der Waals surface area contributed by atoms with Crippen molar-refractivity contribution in [2.75, 3.05) is 6.54 Å². The molecule has 0 atom stereocenters. The van der Waals surface area contributed by atoms with Crippen molar-refractivity contribution in [2.24, 2.45) is 0 Å². The number of hydrogen-bond acceptors (Lipinski definition) is 3. The Labute approximate surface area is 107 Å². The lowest BCUT2D eigenvalue weighted by atomic mass is 10.2. The van der Waals surface area contributed by atoms with Crippen molar-refractivity contribution in [2.45, 2.75) is 27.3 Å². The van der Waals surface area contributed by atoms with Gasteiger partial charge in [0, 0.05) is 18.3 Å². The summed E-state index contributed by atoms with van der Waals surface area (Å²) in [6.45, 7) is 7.74. The molecule has 0 aliphatic heterocycles. The molecule has 18 heavy (non-hydrogen) atoms. The van der Waals surface area contributed by atoms with E-state index in [1.54, 1.807) is 10.7 Å². The van der Waals surface area contributed by atoms with Gasteiger partial charge in [0.15, 0.2) is 0 Å². The molecule has 0 unspecified atom stereocenters. The van der Waals surface area contributed by atoms with Gasteiger partial charge in [0.2, 0.25) is 0 Å². The maximum absolute atomic E-state index is 9.94. The van der Waals surface area contributed by atoms with Gasteiger partial charge in [-0.25, -0.2) is 4.68 Å². The Morgan fingerprint density at radius 3 is 2.78 bits per heavy atom. The molecule has 0 fully saturated rings. The summed E-state index contributed by atoms with van der Waals surface area (Å²) in [5, 5.41) is 17.7. The van der Waals surface area contributed by atoms with Crippen molar-refractivity contribution in [1.82, 2.24) is 15.1 Å². The molecule has 0 spiro atoms. The molecule has 1 aromatic carbocycles. The first kappa shape index (κ1) is 12.6. The fourth-order valence-corrected chi connectivity index (χ4v) is 1.88. The Bertz CT molecular complexity index is 546. The predicted octanol–water partition coefficient (Wildman–Crippen LogP) is 2.30. The number of phenolic OH excluding ortho intramolecular Hbond substituents is 1. The third kappa shape index (κ3) is 2.54. The van der Waals surface area contributed by atoms with E-state index in [-0.39, 0.29) is 5.75 Å². The van der Waals surface area contributed by atoms with E-state index in [4.69, 9.17) is 0 Å². The second-order valence-electron chi connectivity index (χ2n) is 4.46. The summed E-state index contributed by atoms with van der Waals surface area (Å²) >= 11 is 0. The number of hydrogen-bond donors (Lipinski definition) is 2. The number of aromatic hydroxyl groups is 1. The smallest absolute Gasteiger partial charge is 0.141 e. The van der Waals surface area contributed by atoms with Crippen LogP contribution in [-0.4, -0.2) is 21.4 Å². The van der Waals surface area contributed by atoms with Crippen LogP contribution in [-0.2, 0) is 6.54 Å². The monoisotopic (exact) mass is 245 g/mol. The highest BCUT2D eigenvalue weighted by Crippen LogP contribution is 2.23. The third-order valence-electron chi connectivity index (χ3n) is 2.94. The van der Waals surface area contributed by atoms with Gasteiger partial charge in [-0.3, -0.25) is 0 Å². The molecule has 0 aliphatic carbocycles. The van der Waals surface area contributed by atoms with Crippen LogP contribution < -0.4 is 5.32 Å². The lowest BCUT2D eigenvalue weighted by Crippen LogP contribution is -2.11. The molecule has 0 amide bonds. The summed E-state index contributed by atoms with van der Waals surface area (Å²) in [6.07, 6.45) is 1.96. The largest absolute Gasteiger partial charge is 0.506 e. The Balaban J connectivity index is 2.33. The molecule has 0 radical (unpaired) electrons. The molecule has 1 heterocycles. The first-order valence-electron chi connectivity index (χ1n) is 6.17. The SMILES string of the molecule is CCNCc1cn(-c2ccc(C)cc2O)nc1C. The van der Waals surface area contributed by atoms with Gasteiger partial charge in [0.05, 0.1) is 5.69 Å². The quantitative estimate of drug-likeness (QED) is 0.869. The number of nitrogens with zero attached hydrogens (tertiary/aromatic N) is 2. The van der Waals surface area contributed by atoms with Crippen LogP contribution in [0.4, 0.5) is 0 Å². The standard InChI is InChI=1S/C14H19N3O/c1-4-15-8-12-9-17(16-11(12)3)13-6-5-10(2)7-14(13)18/h5-7,9,15,18H,4,8H2,1-3H3. The average Bonchev–Trinajstić information content (AvgIpc) is 2.68. The maximum atomic E-state index is 9.94. The van der Waals surface area contributed by atoms with E-state index in [1.165, 1.54) is 0 Å². The third-order valence-corrected chi connectivity index (χ3v) is 2.94. The molecule has 1 aromatic heterocycles. The molecule has 0 bridgehead atoms. The molecule has 0 aliphatic rings. The number of nitrogens with one attached hydrogen (secondary N) is 1. The van der Waals surface area contributed by atoms with Gasteiger partial charge < -0.3 is 10.4 Å². The minimum atomic E-state index is 0.257. The number of aryl methyl sites for hydroxylation is 2. The summed E-state index contributed by atoms with van der Waals surface area (Å²) in [5.74, 6) is 0.257. The van der Waals surface area contributed by atoms with Crippen molar-refractivity contribution in [1.29, 1.82) is 0 Å². The second-order valence-corrected chi connectivity index (χ2v) is 4.46. The Hall–Kier alpha value is -1.81. The summed E-state index contributed by atoms with van der Waals surface area (Å²) < 4.78 is 1.73. The van der Waals surface area contributed by atoms with E-state index in [2.05, 4.69) is 17.3 Å². The van der Waals surface area contributed by atoms with E-state index < -0.39 is 0 Å². The predicted molar refractivity (Wildman–Crippen MR) is 72.1 cm³/mol. The highest BCUT2D eigenvalue weighted by atomic mass is 16.3. The van der Waals surface area contributed by atoms with E-state index in [0.717, 1.165) is 29.9 Å². The summed E-state index contributed by atoms with van der Waals surface area (Å²) in [5.41, 5.74) is 3.88. The average molecular weight is 245 g/mol. The molecule has 4 heteroatoms. The van der Waals surface area contributed by atoms with E-state index in [0.29, 0.717) is 5.69 Å². The summed E-state index contributed by atoms with van der Waals surface area (Å²) in [4.78, 5) is 0. The zero-order valence-electron chi connectivity index (χ0n) is 11.1. The van der Waals surface area contributed by atoms with Gasteiger partial charge in [-0.2, -0.15) is 5.10 Å². The molecule has 0 saturated carbocycles. The number of aromatic nitrogens is 2. The van der Waals surface area contributed by atoms with Gasteiger partial charge in [-0.05, 0) is 38.1 Å². The normalized spacial score (nSPS) is 10.8. The van der Waals surface area contributed by atoms with Crippen molar-refractivity contribution in [3.8, 4) is 11.4 Å². The van der Waals surface area contributed by atoms with Gasteiger partial charge in [-0.1, -0.05) is 13.0 Å². The molecular weight excluding hydrogens is 226 g/mol. The molecule has 4 nitrogen and oxygen atoms in total. The van der Waals surface area contributed by atoms with Crippen molar-refractivity contribution in [3.05, 3.63) is 41.2 Å². The second kappa shape index (κ2) is 5.23. The van der Waals surface area contributed by atoms with Crippen molar-refractivity contribution < 1.29 is 5.11 Å². The first-order chi connectivity index (χ1) is 8.61. The van der Waals surface area contributed by atoms with Crippen LogP contribution in [0.3, 0.4) is 0 Å². The molecule has 96 valence electrons. The Morgan fingerprint density at radius 1 is 1.33 bits per heavy atom. The highest BCUT2D eigenvalue weighted by molar-refractivity contribution is 5.47. The van der Waals surface area contributed by atoms with Crippen LogP contribution in [0.25, 0.3) is 5.69 Å². The van der Waals surface area contributed by atoms with Gasteiger partial charge >= 0.3 is 0 Å². The van der Waals surface area contributed by atoms with E-state index >= 15 is 0 Å². The minimum absolute atomic E-state index is 0.257. The minimum Gasteiger partial charge on any atom is -0.506 e. The lowest BCUT2D eigenvalue weighted by Gasteiger charge is -2.05. The van der Waals surface area contributed by atoms with Crippen LogP contribution in [0.2, 0.25) is 0 Å². The lowest BCUT2D eigenvalue weighted by molar-refractivity contribution is 0.470. The molecule has 2 rings (SSSR count). The van der Waals surface area contributed by atoms with Gasteiger partial charge in [0.1, 0.15) is 11.4 Å². The summed E-state index contributed by atoms with van der Waals surface area (Å²) in [6, 6.07) is 5.60. The molecule has 0 saturated heterocycles. The van der Waals surface area contributed by atoms with Crippen LogP contribution in [0.1, 0.15) is 23.7 Å². The van der Waals surface area contributed by atoms with Gasteiger partial charge in [-0.15, -0.1) is 0 Å². The maximum Gasteiger partial charge on any atom is 0.141 e. The molecule has 2 aromatic rings. The number of rotatable bonds is 4. The Morgan fingerprint density at radius 2 is 2.11 bits per heavy atom.